The molecule has 1 aliphatic carbocycles. The van der Waals surface area contributed by atoms with Crippen LogP contribution >= 0.6 is 0 Å². The van der Waals surface area contributed by atoms with Gasteiger partial charge in [0, 0.05) is 17.5 Å². The van der Waals surface area contributed by atoms with Gasteiger partial charge in [-0.25, -0.2) is 9.97 Å². The van der Waals surface area contributed by atoms with Gasteiger partial charge >= 0.3 is 0 Å². The summed E-state index contributed by atoms with van der Waals surface area (Å²) in [5, 5.41) is 9.76. The molecule has 0 aliphatic heterocycles. The lowest BCUT2D eigenvalue weighted by atomic mass is 9.78. The van der Waals surface area contributed by atoms with E-state index in [1.54, 1.807) is 13.1 Å². The molecule has 1 atom stereocenters. The molecule has 1 N–H and O–H groups in total. The Morgan fingerprint density at radius 1 is 1.14 bits per heavy atom. The minimum absolute atomic E-state index is 0.0523. The van der Waals surface area contributed by atoms with Gasteiger partial charge in [-0.2, -0.15) is 0 Å². The summed E-state index contributed by atoms with van der Waals surface area (Å²) in [5.41, 5.74) is 2.97. The van der Waals surface area contributed by atoms with Gasteiger partial charge in [-0.15, -0.1) is 0 Å². The third kappa shape index (κ3) is 2.46. The molecule has 1 fully saturated rings. The van der Waals surface area contributed by atoms with Crippen molar-refractivity contribution in [3.63, 3.8) is 0 Å². The lowest BCUT2D eigenvalue weighted by Crippen LogP contribution is -2.27. The fraction of sp³-hybridized carbons (Fsp3) is 0.444. The molecule has 0 spiro atoms. The normalized spacial score (nSPS) is 18.6. The number of aliphatic hydroxyl groups excluding tert-OH is 1. The van der Waals surface area contributed by atoms with Gasteiger partial charge in [0.2, 0.25) is 0 Å². The van der Waals surface area contributed by atoms with Gasteiger partial charge in [0.25, 0.3) is 0 Å². The molecule has 2 aromatic rings. The van der Waals surface area contributed by atoms with Crippen molar-refractivity contribution in [2.45, 2.75) is 51.0 Å². The first-order valence-electron chi connectivity index (χ1n) is 7.71. The van der Waals surface area contributed by atoms with E-state index in [2.05, 4.69) is 35.3 Å². The smallest absolute Gasteiger partial charge is 0.139 e. The first kappa shape index (κ1) is 14.2. The molecule has 1 aromatic carbocycles. The monoisotopic (exact) mass is 282 g/mol. The molecular formula is C18H22N2O. The summed E-state index contributed by atoms with van der Waals surface area (Å²) in [4.78, 5) is 9.37. The van der Waals surface area contributed by atoms with Gasteiger partial charge in [0.05, 0.1) is 11.5 Å². The number of aliphatic hydroxyl groups is 1. The second-order valence-electron chi connectivity index (χ2n) is 6.07. The number of aromatic nitrogens is 2. The first-order chi connectivity index (χ1) is 10.1. The molecule has 0 radical (unpaired) electrons. The zero-order valence-corrected chi connectivity index (χ0v) is 12.7. The average Bonchev–Trinajstić information content (AvgIpc) is 2.98. The van der Waals surface area contributed by atoms with Crippen LogP contribution in [0.5, 0.6) is 0 Å². The van der Waals surface area contributed by atoms with Gasteiger partial charge in [-0.3, -0.25) is 0 Å². The predicted molar refractivity (Wildman–Crippen MR) is 83.1 cm³/mol. The van der Waals surface area contributed by atoms with Crippen molar-refractivity contribution in [2.75, 3.05) is 0 Å². The zero-order chi connectivity index (χ0) is 14.9. The van der Waals surface area contributed by atoms with E-state index in [4.69, 9.17) is 4.98 Å². The summed E-state index contributed by atoms with van der Waals surface area (Å²) in [6.45, 7) is 3.72. The Balaban J connectivity index is 2.09. The third-order valence-corrected chi connectivity index (χ3v) is 4.68. The van der Waals surface area contributed by atoms with Crippen LogP contribution in [0.2, 0.25) is 0 Å². The van der Waals surface area contributed by atoms with Crippen LogP contribution in [-0.2, 0) is 5.41 Å². The van der Waals surface area contributed by atoms with E-state index in [1.165, 1.54) is 18.4 Å². The van der Waals surface area contributed by atoms with Gasteiger partial charge in [-0.1, -0.05) is 43.2 Å². The van der Waals surface area contributed by atoms with Crippen molar-refractivity contribution in [1.82, 2.24) is 9.97 Å². The Hall–Kier alpha value is -1.74. The number of nitrogens with zero attached hydrogens (tertiary/aromatic N) is 2. The second-order valence-corrected chi connectivity index (χ2v) is 6.07. The summed E-state index contributed by atoms with van der Waals surface area (Å²) in [6, 6.07) is 10.6. The van der Waals surface area contributed by atoms with Gasteiger partial charge < -0.3 is 5.11 Å². The Morgan fingerprint density at radius 2 is 1.81 bits per heavy atom. The Morgan fingerprint density at radius 3 is 2.38 bits per heavy atom. The van der Waals surface area contributed by atoms with Gasteiger partial charge in [-0.05, 0) is 32.3 Å². The topological polar surface area (TPSA) is 46.0 Å². The van der Waals surface area contributed by atoms with Crippen molar-refractivity contribution in [3.8, 4) is 0 Å². The molecule has 3 heteroatoms. The van der Waals surface area contributed by atoms with Crippen LogP contribution in [0.25, 0.3) is 0 Å². The second kappa shape index (κ2) is 5.57. The van der Waals surface area contributed by atoms with E-state index in [9.17, 15) is 5.11 Å². The Kier molecular flexibility index (Phi) is 3.77. The van der Waals surface area contributed by atoms with Crippen LogP contribution < -0.4 is 0 Å². The largest absolute Gasteiger partial charge is 0.389 e. The highest BCUT2D eigenvalue weighted by Crippen LogP contribution is 2.45. The van der Waals surface area contributed by atoms with Crippen molar-refractivity contribution < 1.29 is 5.11 Å². The molecule has 0 unspecified atom stereocenters. The highest BCUT2D eigenvalue weighted by molar-refractivity contribution is 5.35. The molecule has 0 saturated heterocycles. The van der Waals surface area contributed by atoms with E-state index in [0.29, 0.717) is 0 Å². The Bertz CT molecular complexity index is 616. The van der Waals surface area contributed by atoms with Crippen molar-refractivity contribution in [1.29, 1.82) is 0 Å². The maximum atomic E-state index is 9.76. The molecule has 110 valence electrons. The molecule has 0 bridgehead atoms. The van der Waals surface area contributed by atoms with Crippen LogP contribution in [-0.4, -0.2) is 15.1 Å². The summed E-state index contributed by atoms with van der Waals surface area (Å²) in [6.07, 6.45) is 5.92. The molecule has 0 amide bonds. The van der Waals surface area contributed by atoms with Crippen LogP contribution in [0.4, 0.5) is 0 Å². The molecule has 1 heterocycles. The standard InChI is InChI=1S/C18H22N2O/c1-13-16(14(2)21)12-19-17(20-13)18(10-6-7-11-18)15-8-4-3-5-9-15/h3-5,8-9,12,14,21H,6-7,10-11H2,1-2H3/t14-/m0/s1. The lowest BCUT2D eigenvalue weighted by Gasteiger charge is -2.28. The molecule has 1 aromatic heterocycles. The van der Waals surface area contributed by atoms with E-state index in [1.807, 2.05) is 6.92 Å². The maximum Gasteiger partial charge on any atom is 0.139 e. The highest BCUT2D eigenvalue weighted by atomic mass is 16.3. The summed E-state index contributed by atoms with van der Waals surface area (Å²) < 4.78 is 0. The maximum absolute atomic E-state index is 9.76. The summed E-state index contributed by atoms with van der Waals surface area (Å²) in [5.74, 6) is 0.910. The summed E-state index contributed by atoms with van der Waals surface area (Å²) in [7, 11) is 0. The number of hydrogen-bond donors (Lipinski definition) is 1. The quantitative estimate of drug-likeness (QED) is 0.933. The minimum Gasteiger partial charge on any atom is -0.389 e. The van der Waals surface area contributed by atoms with Crippen LogP contribution in [0.15, 0.2) is 36.5 Å². The third-order valence-electron chi connectivity index (χ3n) is 4.68. The molecule has 21 heavy (non-hydrogen) atoms. The number of rotatable bonds is 3. The highest BCUT2D eigenvalue weighted by Gasteiger charge is 2.40. The molecule has 3 rings (SSSR count). The van der Waals surface area contributed by atoms with Gasteiger partial charge in [0.1, 0.15) is 5.82 Å². The van der Waals surface area contributed by atoms with Gasteiger partial charge in [0.15, 0.2) is 0 Å². The predicted octanol–water partition coefficient (Wildman–Crippen LogP) is 3.70. The minimum atomic E-state index is -0.518. The van der Waals surface area contributed by atoms with Crippen molar-refractivity contribution in [2.24, 2.45) is 0 Å². The molecular weight excluding hydrogens is 260 g/mol. The molecule has 1 saturated carbocycles. The molecule has 1 aliphatic rings. The van der Waals surface area contributed by atoms with E-state index in [0.717, 1.165) is 29.9 Å². The Labute approximate surface area is 126 Å². The number of aryl methyl sites for hydroxylation is 1. The van der Waals surface area contributed by atoms with Crippen LogP contribution in [0.3, 0.4) is 0 Å². The van der Waals surface area contributed by atoms with E-state index >= 15 is 0 Å². The first-order valence-corrected chi connectivity index (χ1v) is 7.71. The number of hydrogen-bond acceptors (Lipinski definition) is 3. The van der Waals surface area contributed by atoms with Crippen molar-refractivity contribution in [3.05, 3.63) is 59.2 Å². The van der Waals surface area contributed by atoms with Crippen molar-refractivity contribution >= 4 is 0 Å². The fourth-order valence-corrected chi connectivity index (χ4v) is 3.49. The number of benzene rings is 1. The van der Waals surface area contributed by atoms with Crippen LogP contribution in [0.1, 0.15) is 61.4 Å². The SMILES string of the molecule is Cc1nc(C2(c3ccccc3)CCCC2)ncc1[C@H](C)O. The van der Waals surface area contributed by atoms with E-state index in [-0.39, 0.29) is 5.41 Å². The molecule has 3 nitrogen and oxygen atoms in total. The summed E-state index contributed by atoms with van der Waals surface area (Å²) >= 11 is 0. The zero-order valence-electron chi connectivity index (χ0n) is 12.7. The average molecular weight is 282 g/mol. The van der Waals surface area contributed by atoms with Crippen LogP contribution in [0, 0.1) is 6.92 Å². The lowest BCUT2D eigenvalue weighted by molar-refractivity contribution is 0.197. The fourth-order valence-electron chi connectivity index (χ4n) is 3.49. The van der Waals surface area contributed by atoms with E-state index < -0.39 is 6.10 Å².